The second-order valence-corrected chi connectivity index (χ2v) is 10.4. The van der Waals surface area contributed by atoms with Crippen molar-refractivity contribution in [1.29, 1.82) is 0 Å². The summed E-state index contributed by atoms with van der Waals surface area (Å²) in [7, 11) is 6.91. The Morgan fingerprint density at radius 3 is 2.23 bits per heavy atom. The van der Waals surface area contributed by atoms with E-state index >= 15 is 0 Å². The van der Waals surface area contributed by atoms with Gasteiger partial charge in [0.15, 0.2) is 17.2 Å². The highest BCUT2D eigenvalue weighted by Crippen LogP contribution is 2.56. The van der Waals surface area contributed by atoms with Crippen molar-refractivity contribution in [3.05, 3.63) is 39.7 Å². The molecule has 1 fully saturated rings. The van der Waals surface area contributed by atoms with Crippen LogP contribution in [0.15, 0.2) is 23.0 Å². The van der Waals surface area contributed by atoms with E-state index in [-0.39, 0.29) is 23.3 Å². The topological polar surface area (TPSA) is 139 Å². The molecule has 0 radical (unpaired) electrons. The summed E-state index contributed by atoms with van der Waals surface area (Å²) in [4.78, 5) is 43.0. The van der Waals surface area contributed by atoms with Gasteiger partial charge in [0.05, 0.1) is 11.6 Å². The molecule has 0 amide bonds. The lowest BCUT2D eigenvalue weighted by Gasteiger charge is -2.53. The highest BCUT2D eigenvalue weighted by atomic mass is 16.3. The molecule has 4 rings (SSSR count). The monoisotopic (exact) mass is 484 g/mol. The maximum atomic E-state index is 14.0. The van der Waals surface area contributed by atoms with E-state index < -0.39 is 63.8 Å². The molecule has 4 N–H and O–H groups in total. The molecule has 35 heavy (non-hydrogen) atoms. The van der Waals surface area contributed by atoms with Crippen molar-refractivity contribution in [3.8, 4) is 5.75 Å². The fourth-order valence-electron chi connectivity index (χ4n) is 6.33. The second kappa shape index (κ2) is 7.93. The Labute approximate surface area is 204 Å². The third-order valence-corrected chi connectivity index (χ3v) is 7.98. The molecule has 1 aromatic carbocycles. The molecule has 0 unspecified atom stereocenters. The van der Waals surface area contributed by atoms with Crippen LogP contribution in [0.3, 0.4) is 0 Å². The van der Waals surface area contributed by atoms with Gasteiger partial charge < -0.3 is 25.3 Å². The van der Waals surface area contributed by atoms with Gasteiger partial charge in [0.25, 0.3) is 0 Å². The van der Waals surface area contributed by atoms with E-state index in [1.807, 2.05) is 19.0 Å². The van der Waals surface area contributed by atoms with Crippen LogP contribution >= 0.6 is 0 Å². The summed E-state index contributed by atoms with van der Waals surface area (Å²) in [5.41, 5.74) is -1.25. The molecular formula is C26H32N2O7. The molecule has 0 aliphatic heterocycles. The van der Waals surface area contributed by atoms with E-state index in [1.165, 1.54) is 0 Å². The van der Waals surface area contributed by atoms with E-state index in [9.17, 15) is 34.8 Å². The maximum absolute atomic E-state index is 14.0. The minimum atomic E-state index is -2.58. The second-order valence-electron chi connectivity index (χ2n) is 10.4. The number of ketones is 3. The van der Waals surface area contributed by atoms with E-state index in [2.05, 4.69) is 0 Å². The van der Waals surface area contributed by atoms with E-state index in [0.717, 1.165) is 12.6 Å². The van der Waals surface area contributed by atoms with Crippen LogP contribution in [0.1, 0.15) is 30.5 Å². The zero-order valence-electron chi connectivity index (χ0n) is 21.0. The Bertz CT molecular complexity index is 1240. The third kappa shape index (κ3) is 3.11. The number of anilines is 1. The quantitative estimate of drug-likeness (QED) is 0.472. The highest BCUT2D eigenvalue weighted by Gasteiger charge is 2.66. The van der Waals surface area contributed by atoms with E-state index in [4.69, 9.17) is 0 Å². The number of rotatable bonds is 3. The lowest BCUT2D eigenvalue weighted by Crippen LogP contribution is -2.68. The molecule has 0 aromatic heterocycles. The van der Waals surface area contributed by atoms with Gasteiger partial charge in [-0.25, -0.2) is 0 Å². The van der Waals surface area contributed by atoms with Crippen LogP contribution in [-0.2, 0) is 20.8 Å². The van der Waals surface area contributed by atoms with Crippen molar-refractivity contribution >= 4 is 28.8 Å². The van der Waals surface area contributed by atoms with Crippen molar-refractivity contribution in [1.82, 2.24) is 4.90 Å². The van der Waals surface area contributed by atoms with Crippen molar-refractivity contribution in [2.24, 2.45) is 17.8 Å². The summed E-state index contributed by atoms with van der Waals surface area (Å²) in [5.74, 6) is -6.19. The minimum Gasteiger partial charge on any atom is -0.508 e. The average molecular weight is 485 g/mol. The van der Waals surface area contributed by atoms with Crippen LogP contribution in [-0.4, -0.2) is 82.5 Å². The number of aliphatic hydroxyl groups excluding tert-OH is 2. The highest BCUT2D eigenvalue weighted by molar-refractivity contribution is 6.25. The number of carbonyl (C=O) groups excluding carboxylic acids is 3. The predicted molar refractivity (Wildman–Crippen MR) is 129 cm³/mol. The molecule has 0 saturated heterocycles. The summed E-state index contributed by atoms with van der Waals surface area (Å²) in [5, 5.41) is 45.1. The number of benzene rings is 1. The van der Waals surface area contributed by atoms with Crippen molar-refractivity contribution < 1.29 is 34.8 Å². The Kier molecular flexibility index (Phi) is 5.65. The predicted octanol–water partition coefficient (Wildman–Crippen LogP) is 1.69. The number of phenolic OH excluding ortho intramolecular Hbond substituents is 1. The van der Waals surface area contributed by atoms with Crippen LogP contribution in [0.2, 0.25) is 0 Å². The van der Waals surface area contributed by atoms with Crippen LogP contribution in [0.5, 0.6) is 5.75 Å². The Morgan fingerprint density at radius 1 is 1.11 bits per heavy atom. The van der Waals surface area contributed by atoms with Gasteiger partial charge in [-0.3, -0.25) is 19.3 Å². The Hall–Kier alpha value is -3.17. The van der Waals surface area contributed by atoms with Gasteiger partial charge in [-0.1, -0.05) is 6.92 Å². The zero-order valence-corrected chi connectivity index (χ0v) is 21.0. The van der Waals surface area contributed by atoms with Gasteiger partial charge in [-0.05, 0) is 63.4 Å². The number of aryl methyl sites for hydroxylation is 1. The SMILES string of the molecule is CC(=O)C1=C(O)[C@@]2(O)C(=O)C3=C(O)c4c(O)c(C)cc(N(C)C)c4C[C@H]3[C@H](C)[C@H]2[C@H](N(C)C)C1=O. The lowest BCUT2D eigenvalue weighted by molar-refractivity contribution is -0.159. The van der Waals surface area contributed by atoms with Gasteiger partial charge in [-0.15, -0.1) is 0 Å². The van der Waals surface area contributed by atoms with Gasteiger partial charge in [0.1, 0.15) is 22.8 Å². The molecule has 3 aliphatic rings. The number of carbonyl (C=O) groups is 3. The fraction of sp³-hybridized carbons (Fsp3) is 0.500. The van der Waals surface area contributed by atoms with Crippen molar-refractivity contribution in [3.63, 3.8) is 0 Å². The first-order chi connectivity index (χ1) is 16.2. The molecule has 0 spiro atoms. The molecule has 5 atom stereocenters. The number of fused-ring (bicyclic) bond motifs is 3. The van der Waals surface area contributed by atoms with Gasteiger partial charge in [0.2, 0.25) is 5.78 Å². The van der Waals surface area contributed by atoms with Crippen molar-refractivity contribution in [2.45, 2.75) is 38.8 Å². The normalized spacial score (nSPS) is 30.3. The van der Waals surface area contributed by atoms with Crippen LogP contribution in [0.25, 0.3) is 5.76 Å². The molecule has 0 heterocycles. The molecule has 1 saturated carbocycles. The number of aromatic hydroxyl groups is 1. The zero-order chi connectivity index (χ0) is 26.3. The summed E-state index contributed by atoms with van der Waals surface area (Å²) >= 11 is 0. The molecule has 3 aliphatic carbocycles. The number of nitrogens with zero attached hydrogens (tertiary/aromatic N) is 2. The summed E-state index contributed by atoms with van der Waals surface area (Å²) in [6.07, 6.45) is 0.272. The molecular weight excluding hydrogens is 452 g/mol. The standard InChI is InChI=1S/C26H32N2O7/c1-10-8-15(27(4)5)14-9-13-11(2)19-20(28(6)7)23(32)16(12(3)29)24(33)26(19,35)25(34)18(13)22(31)17(14)21(10)30/h8,11,13,19-20,30-31,33,35H,9H2,1-7H3/t11-,13-,19-,20-,26+/m0/s1. The summed E-state index contributed by atoms with van der Waals surface area (Å²) in [6.45, 7) is 4.55. The fourth-order valence-corrected chi connectivity index (χ4v) is 6.33. The molecule has 9 nitrogen and oxygen atoms in total. The van der Waals surface area contributed by atoms with Gasteiger partial charge >= 0.3 is 0 Å². The summed E-state index contributed by atoms with van der Waals surface area (Å²) < 4.78 is 0. The van der Waals surface area contributed by atoms with Crippen LogP contribution in [0, 0.1) is 24.7 Å². The number of likely N-dealkylation sites (N-methyl/N-ethyl adjacent to an activating group) is 1. The first-order valence-electron chi connectivity index (χ1n) is 11.6. The van der Waals surface area contributed by atoms with Crippen LogP contribution < -0.4 is 4.90 Å². The molecule has 188 valence electrons. The molecule has 9 heteroatoms. The number of hydrogen-bond donors (Lipinski definition) is 4. The minimum absolute atomic E-state index is 0.115. The van der Waals surface area contributed by atoms with Crippen LogP contribution in [0.4, 0.5) is 5.69 Å². The largest absolute Gasteiger partial charge is 0.508 e. The number of aliphatic hydroxyl groups is 3. The first kappa shape index (κ1) is 24.9. The van der Waals surface area contributed by atoms with Gasteiger partial charge in [-0.2, -0.15) is 0 Å². The number of phenols is 1. The van der Waals surface area contributed by atoms with E-state index in [1.54, 1.807) is 38.9 Å². The Morgan fingerprint density at radius 2 is 1.71 bits per heavy atom. The van der Waals surface area contributed by atoms with E-state index in [0.29, 0.717) is 11.1 Å². The molecule has 1 aromatic rings. The lowest BCUT2D eigenvalue weighted by atomic mass is 9.53. The maximum Gasteiger partial charge on any atom is 0.202 e. The van der Waals surface area contributed by atoms with Crippen molar-refractivity contribution in [2.75, 3.05) is 33.1 Å². The molecule has 0 bridgehead atoms. The Balaban J connectivity index is 2.06. The number of hydrogen-bond acceptors (Lipinski definition) is 9. The summed E-state index contributed by atoms with van der Waals surface area (Å²) in [6, 6.07) is 0.761. The number of Topliss-reactive ketones (excluding diaryl/α,β-unsaturated/α-hetero) is 3. The van der Waals surface area contributed by atoms with Gasteiger partial charge in [0, 0.05) is 31.3 Å². The third-order valence-electron chi connectivity index (χ3n) is 7.98. The smallest absolute Gasteiger partial charge is 0.202 e. The first-order valence-corrected chi connectivity index (χ1v) is 11.6. The average Bonchev–Trinajstić information content (AvgIpc) is 2.75.